The molecule has 2 atom stereocenters. The van der Waals surface area contributed by atoms with Crippen LogP contribution in [0.1, 0.15) is 103 Å². The minimum absolute atomic E-state index is 0.988. The summed E-state index contributed by atoms with van der Waals surface area (Å²) in [6, 6.07) is 0. The van der Waals surface area contributed by atoms with E-state index in [1.54, 1.807) is 32.0 Å². The summed E-state index contributed by atoms with van der Waals surface area (Å²) in [6.45, 7) is 1.10. The monoisotopic (exact) mass is 326 g/mol. The van der Waals surface area contributed by atoms with Gasteiger partial charge in [-0.25, -0.2) is 0 Å². The zero-order valence-electron chi connectivity index (χ0n) is 16.0. The van der Waals surface area contributed by atoms with Gasteiger partial charge in [-0.1, -0.05) is 107 Å². The van der Waals surface area contributed by atoms with Crippen LogP contribution in [0.2, 0.25) is 18.0 Å². The quantitative estimate of drug-likeness (QED) is 0.256. The van der Waals surface area contributed by atoms with E-state index < -0.39 is 0 Å². The molecule has 4 aliphatic carbocycles. The number of rotatable bonds is 7. The van der Waals surface area contributed by atoms with E-state index in [2.05, 4.69) is 6.08 Å². The number of allylic oxidation sites excluding steroid dienone is 2. The summed E-state index contributed by atoms with van der Waals surface area (Å²) in [5, 5.41) is 0. The molecule has 3 saturated carbocycles. The Hall–Kier alpha value is -0.195. The molecule has 0 spiro atoms. The maximum absolute atomic E-state index is 2.67. The molecule has 0 aromatic carbocycles. The predicted molar refractivity (Wildman–Crippen MR) is 107 cm³/mol. The zero-order chi connectivity index (χ0) is 16.2. The summed E-state index contributed by atoms with van der Waals surface area (Å²) in [5.41, 5.74) is 1.87. The van der Waals surface area contributed by atoms with Crippen molar-refractivity contribution in [2.45, 2.75) is 121 Å². The molecule has 3 fully saturated rings. The van der Waals surface area contributed by atoms with Crippen molar-refractivity contribution < 1.29 is 0 Å². The van der Waals surface area contributed by atoms with E-state index in [-0.39, 0.29) is 0 Å². The molecular weight excluding hydrogens is 287 g/mol. The van der Waals surface area contributed by atoms with E-state index in [1.165, 1.54) is 77.0 Å². The molecule has 24 heavy (non-hydrogen) atoms. The predicted octanol–water partition coefficient (Wildman–Crippen LogP) is 7.68. The summed E-state index contributed by atoms with van der Waals surface area (Å²) < 4.78 is 0. The van der Waals surface area contributed by atoms with Gasteiger partial charge in [0.25, 0.3) is 0 Å². The Morgan fingerprint density at radius 1 is 0.750 bits per heavy atom. The molecule has 4 rings (SSSR count). The molecule has 4 aliphatic rings. The molecule has 134 valence electrons. The standard InChI is InChI=1S/C23H39B/c1-3-10-22(11-4-1)24(23-12-5-2-6-13-23)16-8-7-9-20-17-19-14-15-21(20)18-19/h17,19,21-23H,1-16,18H2. The SMILES string of the molecule is C1=C(CCCCB(C2CCCCC2)C2CCCCC2)C2CCC1C2. The maximum Gasteiger partial charge on any atom is 0.146 e. The fraction of sp³-hybridized carbons (Fsp3) is 0.913. The van der Waals surface area contributed by atoms with Gasteiger partial charge in [0.15, 0.2) is 0 Å². The molecule has 0 N–H and O–H groups in total. The lowest BCUT2D eigenvalue weighted by Crippen LogP contribution is -2.30. The summed E-state index contributed by atoms with van der Waals surface area (Å²) >= 11 is 0. The first kappa shape index (κ1) is 17.2. The van der Waals surface area contributed by atoms with Crippen LogP contribution in [0.3, 0.4) is 0 Å². The summed E-state index contributed by atoms with van der Waals surface area (Å²) in [4.78, 5) is 0. The van der Waals surface area contributed by atoms with E-state index >= 15 is 0 Å². The summed E-state index contributed by atoms with van der Waals surface area (Å²) in [5.74, 6) is 4.21. The number of hydrogen-bond acceptors (Lipinski definition) is 0. The lowest BCUT2D eigenvalue weighted by atomic mass is 9.28. The van der Waals surface area contributed by atoms with Crippen LogP contribution in [0.15, 0.2) is 11.6 Å². The summed E-state index contributed by atoms with van der Waals surface area (Å²) in [6.07, 6.45) is 28.7. The molecule has 0 radical (unpaired) electrons. The minimum atomic E-state index is 0.988. The van der Waals surface area contributed by atoms with Gasteiger partial charge in [0.05, 0.1) is 0 Å². The highest BCUT2D eigenvalue weighted by atomic mass is 14.4. The molecule has 0 aliphatic heterocycles. The lowest BCUT2D eigenvalue weighted by molar-refractivity contribution is 0.458. The highest BCUT2D eigenvalue weighted by Gasteiger charge is 2.34. The van der Waals surface area contributed by atoms with Crippen molar-refractivity contribution in [2.24, 2.45) is 11.8 Å². The van der Waals surface area contributed by atoms with Gasteiger partial charge in [0, 0.05) is 0 Å². The normalized spacial score (nSPS) is 31.4. The Bertz CT molecular complexity index is 396. The molecule has 0 saturated heterocycles. The second-order valence-electron chi connectivity index (χ2n) is 9.72. The van der Waals surface area contributed by atoms with Crippen LogP contribution in [0.25, 0.3) is 0 Å². The van der Waals surface area contributed by atoms with Crippen molar-refractivity contribution in [1.82, 2.24) is 0 Å². The molecule has 2 unspecified atom stereocenters. The van der Waals surface area contributed by atoms with Crippen LogP contribution in [-0.2, 0) is 0 Å². The minimum Gasteiger partial charge on any atom is -0.0819 e. The molecule has 2 bridgehead atoms. The largest absolute Gasteiger partial charge is 0.146 e. The third-order valence-corrected chi connectivity index (χ3v) is 8.21. The Morgan fingerprint density at radius 3 is 1.96 bits per heavy atom. The average molecular weight is 326 g/mol. The van der Waals surface area contributed by atoms with Gasteiger partial charge in [-0.05, 0) is 37.5 Å². The Morgan fingerprint density at radius 2 is 1.42 bits per heavy atom. The number of hydrogen-bond donors (Lipinski definition) is 0. The number of fused-ring (bicyclic) bond motifs is 2. The first-order chi connectivity index (χ1) is 11.9. The summed E-state index contributed by atoms with van der Waals surface area (Å²) in [7, 11) is 0. The van der Waals surface area contributed by atoms with Crippen LogP contribution >= 0.6 is 0 Å². The molecule has 0 nitrogen and oxygen atoms in total. The van der Waals surface area contributed by atoms with Gasteiger partial charge in [0.1, 0.15) is 6.71 Å². The van der Waals surface area contributed by atoms with Crippen LogP contribution in [0, 0.1) is 11.8 Å². The molecule has 0 aromatic rings. The number of unbranched alkanes of at least 4 members (excludes halogenated alkanes) is 1. The van der Waals surface area contributed by atoms with E-state index in [0.29, 0.717) is 0 Å². The van der Waals surface area contributed by atoms with Crippen molar-refractivity contribution in [3.63, 3.8) is 0 Å². The first-order valence-corrected chi connectivity index (χ1v) is 11.6. The fourth-order valence-electron chi connectivity index (χ4n) is 6.92. The maximum atomic E-state index is 2.67. The van der Waals surface area contributed by atoms with Crippen molar-refractivity contribution >= 4 is 6.71 Å². The van der Waals surface area contributed by atoms with E-state index in [0.717, 1.165) is 30.2 Å². The fourth-order valence-corrected chi connectivity index (χ4v) is 6.92. The van der Waals surface area contributed by atoms with Gasteiger partial charge in [-0.3, -0.25) is 0 Å². The Kier molecular flexibility index (Phi) is 6.07. The van der Waals surface area contributed by atoms with Gasteiger partial charge >= 0.3 is 0 Å². The van der Waals surface area contributed by atoms with E-state index in [1.807, 2.05) is 5.57 Å². The third-order valence-electron chi connectivity index (χ3n) is 8.21. The third kappa shape index (κ3) is 4.13. The van der Waals surface area contributed by atoms with Gasteiger partial charge in [0.2, 0.25) is 0 Å². The Balaban J connectivity index is 1.26. The van der Waals surface area contributed by atoms with Crippen LogP contribution < -0.4 is 0 Å². The molecule has 0 aromatic heterocycles. The molecule has 1 heteroatoms. The van der Waals surface area contributed by atoms with Gasteiger partial charge < -0.3 is 0 Å². The smallest absolute Gasteiger partial charge is 0.0819 e. The zero-order valence-corrected chi connectivity index (χ0v) is 16.0. The van der Waals surface area contributed by atoms with Crippen LogP contribution in [-0.4, -0.2) is 6.71 Å². The van der Waals surface area contributed by atoms with Crippen molar-refractivity contribution in [1.29, 1.82) is 0 Å². The average Bonchev–Trinajstić information content (AvgIpc) is 3.26. The lowest BCUT2D eigenvalue weighted by Gasteiger charge is -2.36. The highest BCUT2D eigenvalue weighted by Crippen LogP contribution is 2.46. The molecule has 0 heterocycles. The van der Waals surface area contributed by atoms with Gasteiger partial charge in [-0.2, -0.15) is 0 Å². The second-order valence-corrected chi connectivity index (χ2v) is 9.72. The second kappa shape index (κ2) is 8.46. The van der Waals surface area contributed by atoms with Crippen molar-refractivity contribution in [3.8, 4) is 0 Å². The first-order valence-electron chi connectivity index (χ1n) is 11.6. The van der Waals surface area contributed by atoms with Gasteiger partial charge in [-0.15, -0.1) is 0 Å². The van der Waals surface area contributed by atoms with E-state index in [4.69, 9.17) is 0 Å². The molecule has 0 amide bonds. The van der Waals surface area contributed by atoms with Crippen molar-refractivity contribution in [3.05, 3.63) is 11.6 Å². The molecular formula is C23H39B. The highest BCUT2D eigenvalue weighted by molar-refractivity contribution is 6.62. The van der Waals surface area contributed by atoms with Crippen molar-refractivity contribution in [2.75, 3.05) is 0 Å². The van der Waals surface area contributed by atoms with Crippen LogP contribution in [0.4, 0.5) is 0 Å². The topological polar surface area (TPSA) is 0 Å². The Labute approximate surface area is 151 Å². The van der Waals surface area contributed by atoms with E-state index in [9.17, 15) is 0 Å². The van der Waals surface area contributed by atoms with Crippen LogP contribution in [0.5, 0.6) is 0 Å².